The summed E-state index contributed by atoms with van der Waals surface area (Å²) in [6, 6.07) is 7.81. The van der Waals surface area contributed by atoms with Crippen molar-refractivity contribution in [3.8, 4) is 0 Å². The van der Waals surface area contributed by atoms with Crippen molar-refractivity contribution < 1.29 is 33.8 Å². The van der Waals surface area contributed by atoms with Gasteiger partial charge in [-0.1, -0.05) is 63.3 Å². The number of amides is 3. The first-order valence-electron chi connectivity index (χ1n) is 17.7. The Balaban J connectivity index is 1.70. The molecule has 3 fully saturated rings. The lowest BCUT2D eigenvalue weighted by molar-refractivity contribution is -0.165. The Kier molecular flexibility index (Phi) is 11.9. The van der Waals surface area contributed by atoms with E-state index >= 15 is 0 Å². The normalized spacial score (nSPS) is 25.8. The number of aliphatic hydroxyl groups is 1. The van der Waals surface area contributed by atoms with Crippen LogP contribution in [0.25, 0.3) is 0 Å². The summed E-state index contributed by atoms with van der Waals surface area (Å²) in [6.45, 7) is 20.2. The van der Waals surface area contributed by atoms with Gasteiger partial charge in [-0.3, -0.25) is 19.2 Å². The molecule has 3 aliphatic heterocycles. The van der Waals surface area contributed by atoms with E-state index in [1.54, 1.807) is 29.0 Å². The molecule has 1 aromatic carbocycles. The molecule has 10 nitrogen and oxygen atoms in total. The fraction of sp³-hybridized carbons (Fsp3) is 0.641. The van der Waals surface area contributed by atoms with Crippen molar-refractivity contribution in [2.24, 2.45) is 17.3 Å². The van der Waals surface area contributed by atoms with Crippen LogP contribution in [0.3, 0.4) is 0 Å². The van der Waals surface area contributed by atoms with Crippen molar-refractivity contribution in [1.82, 2.24) is 14.7 Å². The summed E-state index contributed by atoms with van der Waals surface area (Å²) in [7, 11) is 1.70. The molecular weight excluding hydrogens is 622 g/mol. The third-order valence-corrected chi connectivity index (χ3v) is 10.5. The number of hydrogen-bond acceptors (Lipinski definition) is 7. The molecule has 49 heavy (non-hydrogen) atoms. The summed E-state index contributed by atoms with van der Waals surface area (Å²) in [5.74, 6) is -3.09. The van der Waals surface area contributed by atoms with E-state index in [1.807, 2.05) is 51.1 Å². The van der Waals surface area contributed by atoms with E-state index in [9.17, 15) is 24.3 Å². The zero-order chi connectivity index (χ0) is 36.3. The number of likely N-dealkylation sites (N-methyl/N-ethyl adjacent to an activating group) is 1. The van der Waals surface area contributed by atoms with Crippen LogP contribution in [-0.4, -0.2) is 99.6 Å². The van der Waals surface area contributed by atoms with Gasteiger partial charge in [0.05, 0.1) is 24.0 Å². The van der Waals surface area contributed by atoms with E-state index in [-0.39, 0.29) is 55.7 Å². The maximum absolute atomic E-state index is 14.8. The first kappa shape index (κ1) is 38.3. The Morgan fingerprint density at radius 2 is 1.82 bits per heavy atom. The van der Waals surface area contributed by atoms with Gasteiger partial charge >= 0.3 is 5.97 Å². The van der Waals surface area contributed by atoms with Gasteiger partial charge in [-0.15, -0.1) is 13.2 Å². The molecule has 0 aliphatic carbocycles. The second-order valence-electron chi connectivity index (χ2n) is 15.8. The number of ether oxygens (including phenoxy) is 2. The van der Waals surface area contributed by atoms with Gasteiger partial charge in [0.1, 0.15) is 17.7 Å². The Morgan fingerprint density at radius 1 is 1.14 bits per heavy atom. The van der Waals surface area contributed by atoms with Crippen molar-refractivity contribution in [2.45, 2.75) is 115 Å². The molecule has 3 saturated heterocycles. The average molecular weight is 680 g/mol. The largest absolute Gasteiger partial charge is 0.455 e. The van der Waals surface area contributed by atoms with Gasteiger partial charge in [0.15, 0.2) is 0 Å². The number of allylic oxidation sites excluding steroid dienone is 1. The lowest BCUT2D eigenvalue weighted by Crippen LogP contribution is -2.61. The zero-order valence-corrected chi connectivity index (χ0v) is 30.5. The van der Waals surface area contributed by atoms with E-state index in [2.05, 4.69) is 33.9 Å². The highest BCUT2D eigenvalue weighted by atomic mass is 16.6. The molecular formula is C39H57N3O7. The first-order chi connectivity index (χ1) is 23.0. The standard InChI is InChI=1S/C39H57N3O7/c1-10-12-19-29(44)40(9)26(3)32(27-17-14-13-15-18-27)48-36(47)30-28-20-21-39(49-28)31(30)34(45)41(23-16-24-43)33(39)35(46)42(22-11-2)38(7,8)25-37(4,5)6/h10-11,13-15,17-18,26,28,30-33,43H,1-2,12,16,19-25H2,3-9H3/t26-,28+,30-,31-,32+,33+,39-/m1/s1. The van der Waals surface area contributed by atoms with Crippen LogP contribution in [0.5, 0.6) is 0 Å². The van der Waals surface area contributed by atoms with Crippen LogP contribution in [0.1, 0.15) is 91.7 Å². The summed E-state index contributed by atoms with van der Waals surface area (Å²) in [4.78, 5) is 61.6. The van der Waals surface area contributed by atoms with E-state index in [1.165, 1.54) is 4.90 Å². The van der Waals surface area contributed by atoms with Gasteiger partial charge in [-0.05, 0) is 63.9 Å². The Hall–Kier alpha value is -3.50. The summed E-state index contributed by atoms with van der Waals surface area (Å²) < 4.78 is 13.0. The van der Waals surface area contributed by atoms with Crippen molar-refractivity contribution in [2.75, 3.05) is 26.7 Å². The second kappa shape index (κ2) is 15.2. The van der Waals surface area contributed by atoms with E-state index in [4.69, 9.17) is 9.47 Å². The fourth-order valence-corrected chi connectivity index (χ4v) is 8.61. The number of hydrogen-bond donors (Lipinski definition) is 1. The van der Waals surface area contributed by atoms with Crippen molar-refractivity contribution in [1.29, 1.82) is 0 Å². The molecule has 1 N–H and O–H groups in total. The van der Waals surface area contributed by atoms with Crippen molar-refractivity contribution >= 4 is 23.7 Å². The smallest absolute Gasteiger partial charge is 0.313 e. The number of carbonyl (C=O) groups is 4. The predicted molar refractivity (Wildman–Crippen MR) is 188 cm³/mol. The van der Waals surface area contributed by atoms with E-state index < -0.39 is 53.2 Å². The molecule has 0 unspecified atom stereocenters. The summed E-state index contributed by atoms with van der Waals surface area (Å²) in [5.41, 5.74) is -1.14. The highest BCUT2D eigenvalue weighted by molar-refractivity contribution is 5.98. The predicted octanol–water partition coefficient (Wildman–Crippen LogP) is 5.07. The summed E-state index contributed by atoms with van der Waals surface area (Å²) in [5, 5.41) is 9.77. The third kappa shape index (κ3) is 7.65. The van der Waals surface area contributed by atoms with Gasteiger partial charge < -0.3 is 29.3 Å². The minimum atomic E-state index is -1.21. The number of fused-ring (bicyclic) bond motifs is 1. The number of carbonyl (C=O) groups excluding carboxylic acids is 4. The maximum atomic E-state index is 14.8. The molecule has 3 aliphatic rings. The molecule has 7 atom stereocenters. The summed E-state index contributed by atoms with van der Waals surface area (Å²) in [6.07, 6.45) is 4.74. The molecule has 3 heterocycles. The minimum absolute atomic E-state index is 0.0833. The highest BCUT2D eigenvalue weighted by Gasteiger charge is 2.75. The molecule has 0 aromatic heterocycles. The topological polar surface area (TPSA) is 117 Å². The number of benzene rings is 1. The zero-order valence-electron chi connectivity index (χ0n) is 30.5. The highest BCUT2D eigenvalue weighted by Crippen LogP contribution is 2.59. The molecule has 0 radical (unpaired) electrons. The van der Waals surface area contributed by atoms with Crippen LogP contribution < -0.4 is 0 Å². The Bertz CT molecular complexity index is 1390. The molecule has 1 spiro atoms. The van der Waals surface area contributed by atoms with E-state index in [0.29, 0.717) is 25.7 Å². The van der Waals surface area contributed by atoms with Gasteiger partial charge in [0.25, 0.3) is 0 Å². The molecule has 270 valence electrons. The molecule has 2 bridgehead atoms. The van der Waals surface area contributed by atoms with Crippen molar-refractivity contribution in [3.05, 3.63) is 61.2 Å². The van der Waals surface area contributed by atoms with Crippen LogP contribution in [0, 0.1) is 17.3 Å². The van der Waals surface area contributed by atoms with E-state index in [0.717, 1.165) is 5.56 Å². The van der Waals surface area contributed by atoms with Gasteiger partial charge in [-0.2, -0.15) is 0 Å². The van der Waals surface area contributed by atoms with Gasteiger partial charge in [0.2, 0.25) is 17.7 Å². The van der Waals surface area contributed by atoms with Crippen LogP contribution in [-0.2, 0) is 28.7 Å². The van der Waals surface area contributed by atoms with Crippen LogP contribution >= 0.6 is 0 Å². The van der Waals surface area contributed by atoms with Crippen LogP contribution in [0.4, 0.5) is 0 Å². The SMILES string of the molecule is C=CCCC(=O)N(C)[C@H](C)[C@H](OC(=O)[C@@H]1[C@@H]2CC[C@]3(O2)[C@H](C(=O)N(CC=C)C(C)(C)CC(C)(C)C)N(CCCO)C(=O)[C@@H]13)c1ccccc1. The quantitative estimate of drug-likeness (QED) is 0.192. The molecule has 4 rings (SSSR count). The van der Waals surface area contributed by atoms with Crippen LogP contribution in [0.2, 0.25) is 0 Å². The van der Waals surface area contributed by atoms with Gasteiger partial charge in [0, 0.05) is 38.7 Å². The lowest BCUT2D eigenvalue weighted by Gasteiger charge is -2.45. The molecule has 10 heteroatoms. The fourth-order valence-electron chi connectivity index (χ4n) is 8.61. The number of esters is 1. The monoisotopic (exact) mass is 679 g/mol. The minimum Gasteiger partial charge on any atom is -0.455 e. The van der Waals surface area contributed by atoms with Gasteiger partial charge in [-0.25, -0.2) is 0 Å². The number of nitrogens with zero attached hydrogens (tertiary/aromatic N) is 3. The molecule has 0 saturated carbocycles. The number of likely N-dealkylation sites (tertiary alicyclic amines) is 1. The number of rotatable bonds is 16. The molecule has 1 aromatic rings. The second-order valence-corrected chi connectivity index (χ2v) is 15.8. The Morgan fingerprint density at radius 3 is 2.41 bits per heavy atom. The van der Waals surface area contributed by atoms with Crippen LogP contribution in [0.15, 0.2) is 55.6 Å². The van der Waals surface area contributed by atoms with Crippen molar-refractivity contribution in [3.63, 3.8) is 0 Å². The molecule has 3 amide bonds. The maximum Gasteiger partial charge on any atom is 0.313 e. The Labute approximate surface area is 292 Å². The number of aliphatic hydroxyl groups excluding tert-OH is 1. The average Bonchev–Trinajstić information content (AvgIpc) is 3.69. The third-order valence-electron chi connectivity index (χ3n) is 10.5. The lowest BCUT2D eigenvalue weighted by atomic mass is 9.70. The first-order valence-corrected chi connectivity index (χ1v) is 17.7. The summed E-state index contributed by atoms with van der Waals surface area (Å²) >= 11 is 0.